The van der Waals surface area contributed by atoms with E-state index in [4.69, 9.17) is 9.47 Å². The summed E-state index contributed by atoms with van der Waals surface area (Å²) < 4.78 is 10.7. The third kappa shape index (κ3) is 3.94. The molecule has 3 rings (SSSR count). The van der Waals surface area contributed by atoms with Crippen LogP contribution in [-0.2, 0) is 9.59 Å². The number of anilines is 1. The van der Waals surface area contributed by atoms with E-state index in [9.17, 15) is 9.59 Å². The van der Waals surface area contributed by atoms with Crippen LogP contribution in [0.4, 0.5) is 5.69 Å². The van der Waals surface area contributed by atoms with Crippen molar-refractivity contribution >= 4 is 29.3 Å². The van der Waals surface area contributed by atoms with Gasteiger partial charge in [0.05, 0.1) is 19.9 Å². The fourth-order valence-electron chi connectivity index (χ4n) is 3.49. The fourth-order valence-corrected chi connectivity index (χ4v) is 4.05. The number of nitrogens with zero attached hydrogens (tertiary/aromatic N) is 1. The number of para-hydroxylation sites is 1. The molecule has 0 radical (unpaired) electrons. The van der Waals surface area contributed by atoms with Crippen LogP contribution in [0.15, 0.2) is 47.4 Å². The smallest absolute Gasteiger partial charge is 0.237 e. The van der Waals surface area contributed by atoms with Crippen molar-refractivity contribution in [2.75, 3.05) is 39.4 Å². The number of carbonyl (C=O) groups excluding carboxylic acids is 2. The van der Waals surface area contributed by atoms with E-state index >= 15 is 0 Å². The Balaban J connectivity index is 1.93. The molecule has 2 atom stereocenters. The molecule has 2 aromatic rings. The van der Waals surface area contributed by atoms with Gasteiger partial charge in [0.25, 0.3) is 0 Å². The zero-order valence-electron chi connectivity index (χ0n) is 16.4. The molecular formula is C21H24N2O4S. The van der Waals surface area contributed by atoms with Gasteiger partial charge in [-0.15, -0.1) is 11.8 Å². The first-order valence-electron chi connectivity index (χ1n) is 8.90. The monoisotopic (exact) mass is 400 g/mol. The SMILES string of the molecule is COc1cc(OC)cc([C@H]2CN(C)C(=O)[C@@H]2C(=O)Nc2ccccc2SC)c1. The number of thioether (sulfide) groups is 1. The van der Waals surface area contributed by atoms with E-state index in [0.717, 1.165) is 10.5 Å². The molecule has 28 heavy (non-hydrogen) atoms. The highest BCUT2D eigenvalue weighted by atomic mass is 32.2. The van der Waals surface area contributed by atoms with E-state index in [-0.39, 0.29) is 17.7 Å². The molecule has 0 unspecified atom stereocenters. The Bertz CT molecular complexity index is 864. The van der Waals surface area contributed by atoms with Crippen molar-refractivity contribution in [3.05, 3.63) is 48.0 Å². The summed E-state index contributed by atoms with van der Waals surface area (Å²) in [6.07, 6.45) is 1.95. The van der Waals surface area contributed by atoms with Crippen molar-refractivity contribution in [2.45, 2.75) is 10.8 Å². The number of hydrogen-bond acceptors (Lipinski definition) is 5. The van der Waals surface area contributed by atoms with Crippen molar-refractivity contribution in [1.82, 2.24) is 4.90 Å². The van der Waals surface area contributed by atoms with Crippen LogP contribution >= 0.6 is 11.8 Å². The van der Waals surface area contributed by atoms with Gasteiger partial charge in [-0.2, -0.15) is 0 Å². The molecule has 148 valence electrons. The van der Waals surface area contributed by atoms with Gasteiger partial charge in [-0.1, -0.05) is 12.1 Å². The molecule has 0 bridgehead atoms. The number of hydrogen-bond donors (Lipinski definition) is 1. The Kier molecular flexibility index (Phi) is 6.14. The van der Waals surface area contributed by atoms with Gasteiger partial charge in [0, 0.05) is 30.5 Å². The maximum atomic E-state index is 13.1. The van der Waals surface area contributed by atoms with Gasteiger partial charge in [-0.3, -0.25) is 9.59 Å². The Morgan fingerprint density at radius 1 is 1.14 bits per heavy atom. The highest BCUT2D eigenvalue weighted by molar-refractivity contribution is 7.98. The number of nitrogens with one attached hydrogen (secondary N) is 1. The van der Waals surface area contributed by atoms with Crippen molar-refractivity contribution in [3.8, 4) is 11.5 Å². The molecule has 0 aromatic heterocycles. The molecule has 1 fully saturated rings. The number of ether oxygens (including phenoxy) is 2. The summed E-state index contributed by atoms with van der Waals surface area (Å²) >= 11 is 1.55. The van der Waals surface area contributed by atoms with Gasteiger partial charge in [-0.05, 0) is 36.1 Å². The summed E-state index contributed by atoms with van der Waals surface area (Å²) in [5.74, 6) is -0.334. The molecule has 2 aromatic carbocycles. The second-order valence-corrected chi connectivity index (χ2v) is 7.49. The van der Waals surface area contributed by atoms with Gasteiger partial charge in [0.15, 0.2) is 0 Å². The van der Waals surface area contributed by atoms with Gasteiger partial charge in [-0.25, -0.2) is 0 Å². The lowest BCUT2D eigenvalue weighted by molar-refractivity contribution is -0.135. The molecule has 6 nitrogen and oxygen atoms in total. The first kappa shape index (κ1) is 20.1. The highest BCUT2D eigenvalue weighted by Crippen LogP contribution is 2.38. The lowest BCUT2D eigenvalue weighted by Gasteiger charge is -2.19. The van der Waals surface area contributed by atoms with Gasteiger partial charge in [0.2, 0.25) is 11.8 Å². The zero-order chi connectivity index (χ0) is 20.3. The maximum absolute atomic E-state index is 13.1. The first-order valence-corrected chi connectivity index (χ1v) is 10.1. The van der Waals surface area contributed by atoms with E-state index in [1.54, 1.807) is 44.0 Å². The van der Waals surface area contributed by atoms with Crippen LogP contribution in [0.3, 0.4) is 0 Å². The number of likely N-dealkylation sites (N-methyl/N-ethyl adjacent to an activating group) is 1. The zero-order valence-corrected chi connectivity index (χ0v) is 17.2. The van der Waals surface area contributed by atoms with Crippen LogP contribution in [-0.4, -0.2) is 50.8 Å². The molecule has 2 amide bonds. The van der Waals surface area contributed by atoms with E-state index in [0.29, 0.717) is 23.7 Å². The summed E-state index contributed by atoms with van der Waals surface area (Å²) in [5.41, 5.74) is 1.55. The van der Waals surface area contributed by atoms with E-state index in [1.165, 1.54) is 0 Å². The summed E-state index contributed by atoms with van der Waals surface area (Å²) in [4.78, 5) is 28.4. The summed E-state index contributed by atoms with van der Waals surface area (Å²) in [7, 11) is 4.87. The number of carbonyl (C=O) groups is 2. The Hall–Kier alpha value is -2.67. The second kappa shape index (κ2) is 8.56. The number of rotatable bonds is 6. The van der Waals surface area contributed by atoms with Crippen molar-refractivity contribution in [3.63, 3.8) is 0 Å². The molecular weight excluding hydrogens is 376 g/mol. The maximum Gasteiger partial charge on any atom is 0.237 e. The minimum atomic E-state index is -0.809. The quantitative estimate of drug-likeness (QED) is 0.596. The van der Waals surface area contributed by atoms with Crippen LogP contribution in [0.25, 0.3) is 0 Å². The number of likely N-dealkylation sites (tertiary alicyclic amines) is 1. The number of amides is 2. The molecule has 1 saturated heterocycles. The van der Waals surface area contributed by atoms with Crippen LogP contribution < -0.4 is 14.8 Å². The van der Waals surface area contributed by atoms with E-state index < -0.39 is 5.92 Å². The highest BCUT2D eigenvalue weighted by Gasteiger charge is 2.44. The van der Waals surface area contributed by atoms with Crippen molar-refractivity contribution in [2.24, 2.45) is 5.92 Å². The molecule has 1 heterocycles. The summed E-state index contributed by atoms with van der Waals surface area (Å²) in [6.45, 7) is 0.456. The predicted octanol–water partition coefficient (Wildman–Crippen LogP) is 3.24. The molecule has 7 heteroatoms. The largest absolute Gasteiger partial charge is 0.497 e. The average Bonchev–Trinajstić information content (AvgIpc) is 3.02. The lowest BCUT2D eigenvalue weighted by Crippen LogP contribution is -2.32. The third-order valence-electron chi connectivity index (χ3n) is 4.96. The minimum Gasteiger partial charge on any atom is -0.497 e. The van der Waals surface area contributed by atoms with E-state index in [2.05, 4.69) is 5.32 Å². The molecule has 1 N–H and O–H groups in total. The van der Waals surface area contributed by atoms with Gasteiger partial charge < -0.3 is 19.7 Å². The standard InChI is InChI=1S/C21H24N2O4S/c1-23-12-16(13-9-14(26-2)11-15(10-13)27-3)19(21(23)25)20(24)22-17-7-5-6-8-18(17)28-4/h5-11,16,19H,12H2,1-4H3,(H,22,24)/t16-,19+/m1/s1. The van der Waals surface area contributed by atoms with Crippen LogP contribution in [0.1, 0.15) is 11.5 Å². The minimum absolute atomic E-state index is 0.189. The Morgan fingerprint density at radius 3 is 2.39 bits per heavy atom. The topological polar surface area (TPSA) is 67.9 Å². The molecule has 1 aliphatic heterocycles. The van der Waals surface area contributed by atoms with Crippen molar-refractivity contribution in [1.29, 1.82) is 0 Å². The van der Waals surface area contributed by atoms with Crippen LogP contribution in [0.2, 0.25) is 0 Å². The first-order chi connectivity index (χ1) is 13.5. The van der Waals surface area contributed by atoms with Crippen molar-refractivity contribution < 1.29 is 19.1 Å². The Labute approximate surface area is 169 Å². The number of methoxy groups -OCH3 is 2. The summed E-state index contributed by atoms with van der Waals surface area (Å²) in [5, 5.41) is 2.94. The lowest BCUT2D eigenvalue weighted by atomic mass is 9.87. The van der Waals surface area contributed by atoms with Gasteiger partial charge >= 0.3 is 0 Å². The molecule has 1 aliphatic rings. The fraction of sp³-hybridized carbons (Fsp3) is 0.333. The predicted molar refractivity (Wildman–Crippen MR) is 110 cm³/mol. The average molecular weight is 401 g/mol. The molecule has 0 spiro atoms. The van der Waals surface area contributed by atoms with E-state index in [1.807, 2.05) is 42.7 Å². The molecule has 0 saturated carbocycles. The van der Waals surface area contributed by atoms with Gasteiger partial charge in [0.1, 0.15) is 17.4 Å². The number of benzene rings is 2. The summed E-state index contributed by atoms with van der Waals surface area (Å²) in [6, 6.07) is 13.0. The third-order valence-corrected chi connectivity index (χ3v) is 5.76. The van der Waals surface area contributed by atoms with Crippen LogP contribution in [0, 0.1) is 5.92 Å². The van der Waals surface area contributed by atoms with Crippen LogP contribution in [0.5, 0.6) is 11.5 Å². The second-order valence-electron chi connectivity index (χ2n) is 6.64. The normalized spacial score (nSPS) is 18.9. The Morgan fingerprint density at radius 2 is 1.79 bits per heavy atom. The molecule has 0 aliphatic carbocycles.